The van der Waals surface area contributed by atoms with E-state index in [0.717, 1.165) is 5.33 Å². The maximum Gasteiger partial charge on any atom is 0.325 e. The number of carbonyl (C=O) groups is 2. The molecule has 21 heavy (non-hydrogen) atoms. The van der Waals surface area contributed by atoms with Crippen molar-refractivity contribution >= 4 is 39.5 Å². The largest absolute Gasteiger partial charge is 0.493 e. The Morgan fingerprint density at radius 3 is 3.00 bits per heavy atom. The van der Waals surface area contributed by atoms with Crippen molar-refractivity contribution in [2.24, 2.45) is 0 Å². The van der Waals surface area contributed by atoms with Gasteiger partial charge >= 0.3 is 6.03 Å². The summed E-state index contributed by atoms with van der Waals surface area (Å²) in [7, 11) is 0. The summed E-state index contributed by atoms with van der Waals surface area (Å²) in [6.07, 6.45) is 1.13. The zero-order chi connectivity index (χ0) is 15.0. The van der Waals surface area contributed by atoms with Crippen LogP contribution in [0.25, 0.3) is 0 Å². The zero-order valence-corrected chi connectivity index (χ0v) is 13.5. The lowest BCUT2D eigenvalue weighted by molar-refractivity contribution is -0.132. The van der Waals surface area contributed by atoms with E-state index in [4.69, 9.17) is 16.3 Å². The van der Waals surface area contributed by atoms with Crippen molar-refractivity contribution in [2.75, 3.05) is 18.5 Å². The van der Waals surface area contributed by atoms with Crippen LogP contribution in [0.1, 0.15) is 18.4 Å². The third kappa shape index (κ3) is 2.30. The fourth-order valence-electron chi connectivity index (χ4n) is 2.81. The number of nitrogens with one attached hydrogen (secondary N) is 1. The first kappa shape index (κ1) is 14.7. The zero-order valence-electron chi connectivity index (χ0n) is 11.2. The first-order valence-corrected chi connectivity index (χ1v) is 8.21. The van der Waals surface area contributed by atoms with Gasteiger partial charge in [-0.15, -0.1) is 0 Å². The van der Waals surface area contributed by atoms with E-state index in [2.05, 4.69) is 21.2 Å². The lowest BCUT2D eigenvalue weighted by Crippen LogP contribution is -2.47. The van der Waals surface area contributed by atoms with E-state index in [1.165, 1.54) is 4.90 Å². The fourth-order valence-corrected chi connectivity index (χ4v) is 3.23. The average Bonchev–Trinajstić information content (AvgIpc) is 2.70. The Bertz CT molecular complexity index is 610. The number of hydrogen-bond donors (Lipinski definition) is 1. The van der Waals surface area contributed by atoms with Crippen LogP contribution in [0.15, 0.2) is 18.2 Å². The van der Waals surface area contributed by atoms with Gasteiger partial charge < -0.3 is 10.1 Å². The standard InChI is InChI=1S/C14H14BrClN2O3/c15-5-1-6-18-12(19)14(17-13(18)20)4-7-21-11-3-2-9(16)8-10(11)14/h2-3,8H,1,4-7H2,(H,17,20). The topological polar surface area (TPSA) is 58.6 Å². The lowest BCUT2D eigenvalue weighted by Gasteiger charge is -2.33. The molecule has 112 valence electrons. The summed E-state index contributed by atoms with van der Waals surface area (Å²) >= 11 is 9.36. The molecule has 0 bridgehead atoms. The number of halogens is 2. The molecule has 1 spiro atoms. The minimum atomic E-state index is -1.04. The van der Waals surface area contributed by atoms with E-state index >= 15 is 0 Å². The SMILES string of the molecule is O=C1NC2(CCOc3ccc(Cl)cc32)C(=O)N1CCCBr. The van der Waals surface area contributed by atoms with Gasteiger partial charge in [0.1, 0.15) is 5.75 Å². The highest BCUT2D eigenvalue weighted by Crippen LogP contribution is 2.42. The number of amides is 3. The van der Waals surface area contributed by atoms with E-state index in [9.17, 15) is 9.59 Å². The minimum absolute atomic E-state index is 0.222. The Morgan fingerprint density at radius 1 is 1.43 bits per heavy atom. The number of alkyl halides is 1. The predicted molar refractivity (Wildman–Crippen MR) is 81.9 cm³/mol. The molecule has 1 aromatic rings. The molecule has 3 rings (SSSR count). The Balaban J connectivity index is 2.02. The van der Waals surface area contributed by atoms with Crippen molar-refractivity contribution < 1.29 is 14.3 Å². The molecule has 2 heterocycles. The number of hydrogen-bond acceptors (Lipinski definition) is 3. The Morgan fingerprint density at radius 2 is 2.24 bits per heavy atom. The van der Waals surface area contributed by atoms with Crippen molar-refractivity contribution in [1.82, 2.24) is 10.2 Å². The summed E-state index contributed by atoms with van der Waals surface area (Å²) in [4.78, 5) is 26.2. The average molecular weight is 374 g/mol. The first-order chi connectivity index (χ1) is 10.1. The minimum Gasteiger partial charge on any atom is -0.493 e. The van der Waals surface area contributed by atoms with Gasteiger partial charge in [0.2, 0.25) is 0 Å². The van der Waals surface area contributed by atoms with Crippen LogP contribution in [-0.2, 0) is 10.3 Å². The Labute approximate surface area is 135 Å². The molecule has 1 N–H and O–H groups in total. The number of benzene rings is 1. The van der Waals surface area contributed by atoms with Gasteiger partial charge in [0, 0.05) is 28.9 Å². The second-order valence-electron chi connectivity index (χ2n) is 5.07. The van der Waals surface area contributed by atoms with Crippen molar-refractivity contribution in [3.05, 3.63) is 28.8 Å². The Kier molecular flexibility index (Phi) is 3.84. The number of nitrogens with zero attached hydrogens (tertiary/aromatic N) is 1. The number of rotatable bonds is 3. The number of carbonyl (C=O) groups excluding carboxylic acids is 2. The highest BCUT2D eigenvalue weighted by Gasteiger charge is 2.54. The molecule has 0 aliphatic carbocycles. The molecule has 1 saturated heterocycles. The summed E-state index contributed by atoms with van der Waals surface area (Å²) in [6.45, 7) is 0.779. The van der Waals surface area contributed by atoms with E-state index in [0.29, 0.717) is 42.3 Å². The van der Waals surface area contributed by atoms with Crippen LogP contribution in [-0.4, -0.2) is 35.3 Å². The van der Waals surface area contributed by atoms with E-state index in [1.54, 1.807) is 18.2 Å². The molecular weight excluding hydrogens is 360 g/mol. The molecule has 5 nitrogen and oxygen atoms in total. The van der Waals surface area contributed by atoms with E-state index < -0.39 is 5.54 Å². The van der Waals surface area contributed by atoms with Gasteiger partial charge in [0.15, 0.2) is 5.54 Å². The molecule has 2 aliphatic heterocycles. The molecular formula is C14H14BrClN2O3. The van der Waals surface area contributed by atoms with Gasteiger partial charge in [0.25, 0.3) is 5.91 Å². The number of ether oxygens (including phenoxy) is 1. The highest BCUT2D eigenvalue weighted by atomic mass is 79.9. The van der Waals surface area contributed by atoms with Crippen LogP contribution < -0.4 is 10.1 Å². The van der Waals surface area contributed by atoms with Crippen molar-refractivity contribution in [1.29, 1.82) is 0 Å². The smallest absolute Gasteiger partial charge is 0.325 e. The lowest BCUT2D eigenvalue weighted by atomic mass is 9.84. The Hall–Kier alpha value is -1.27. The molecule has 0 radical (unpaired) electrons. The maximum atomic E-state index is 12.8. The summed E-state index contributed by atoms with van der Waals surface area (Å²) in [6, 6.07) is 4.79. The van der Waals surface area contributed by atoms with Crippen LogP contribution in [0.4, 0.5) is 4.79 Å². The van der Waals surface area contributed by atoms with Crippen molar-refractivity contribution in [2.45, 2.75) is 18.4 Å². The molecule has 1 unspecified atom stereocenters. The summed E-state index contributed by atoms with van der Waals surface area (Å²) in [5.41, 5.74) is -0.400. The molecule has 1 atom stereocenters. The molecule has 0 aromatic heterocycles. The molecule has 1 aromatic carbocycles. The van der Waals surface area contributed by atoms with E-state index in [-0.39, 0.29) is 11.9 Å². The predicted octanol–water partition coefficient (Wildman–Crippen LogP) is 2.65. The molecule has 2 aliphatic rings. The van der Waals surface area contributed by atoms with Crippen LogP contribution in [0.5, 0.6) is 5.75 Å². The van der Waals surface area contributed by atoms with Gasteiger partial charge in [-0.25, -0.2) is 4.79 Å². The van der Waals surface area contributed by atoms with Gasteiger partial charge in [-0.3, -0.25) is 9.69 Å². The van der Waals surface area contributed by atoms with Crippen LogP contribution in [0, 0.1) is 0 Å². The van der Waals surface area contributed by atoms with Gasteiger partial charge in [-0.2, -0.15) is 0 Å². The van der Waals surface area contributed by atoms with Gasteiger partial charge in [-0.1, -0.05) is 27.5 Å². The molecule has 0 saturated carbocycles. The third-order valence-electron chi connectivity index (χ3n) is 3.83. The first-order valence-electron chi connectivity index (χ1n) is 6.71. The van der Waals surface area contributed by atoms with E-state index in [1.807, 2.05) is 0 Å². The monoisotopic (exact) mass is 372 g/mol. The van der Waals surface area contributed by atoms with Crippen molar-refractivity contribution in [3.8, 4) is 5.75 Å². The second-order valence-corrected chi connectivity index (χ2v) is 6.30. The second kappa shape index (κ2) is 5.50. The van der Waals surface area contributed by atoms with Crippen LogP contribution in [0.2, 0.25) is 5.02 Å². The molecule has 3 amide bonds. The third-order valence-corrected chi connectivity index (χ3v) is 4.62. The number of imide groups is 1. The summed E-state index contributed by atoms with van der Waals surface area (Å²) in [5, 5.41) is 4.10. The summed E-state index contributed by atoms with van der Waals surface area (Å²) in [5.74, 6) is 0.377. The van der Waals surface area contributed by atoms with Crippen LogP contribution in [0.3, 0.4) is 0 Å². The number of fused-ring (bicyclic) bond motifs is 2. The maximum absolute atomic E-state index is 12.8. The van der Waals surface area contributed by atoms with Gasteiger partial charge in [0.05, 0.1) is 6.61 Å². The molecule has 1 fully saturated rings. The fraction of sp³-hybridized carbons (Fsp3) is 0.429. The quantitative estimate of drug-likeness (QED) is 0.654. The van der Waals surface area contributed by atoms with Crippen molar-refractivity contribution in [3.63, 3.8) is 0 Å². The molecule has 7 heteroatoms. The van der Waals surface area contributed by atoms with Crippen LogP contribution >= 0.6 is 27.5 Å². The van der Waals surface area contributed by atoms with Gasteiger partial charge in [-0.05, 0) is 24.6 Å². The number of urea groups is 1. The highest BCUT2D eigenvalue weighted by molar-refractivity contribution is 9.09. The summed E-state index contributed by atoms with van der Waals surface area (Å²) < 4.78 is 5.58. The normalized spacial score (nSPS) is 24.0.